The van der Waals surface area contributed by atoms with Crippen LogP contribution < -0.4 is 9.64 Å². The largest absolute Gasteiger partial charge is 0.495 e. The molecule has 0 aliphatic rings. The molecule has 0 fully saturated rings. The van der Waals surface area contributed by atoms with Crippen LogP contribution >= 0.6 is 0 Å². The molecule has 0 aliphatic heterocycles. The van der Waals surface area contributed by atoms with Crippen molar-refractivity contribution in [2.75, 3.05) is 19.1 Å². The minimum Gasteiger partial charge on any atom is -0.495 e. The lowest BCUT2D eigenvalue weighted by molar-refractivity contribution is 0.0697. The molecule has 2 rings (SSSR count). The summed E-state index contributed by atoms with van der Waals surface area (Å²) in [6.45, 7) is 1.94. The molecular formula is C16H17NO3. The van der Waals surface area contributed by atoms with Crippen LogP contribution in [-0.4, -0.2) is 25.2 Å². The van der Waals surface area contributed by atoms with Gasteiger partial charge in [0.1, 0.15) is 5.75 Å². The van der Waals surface area contributed by atoms with Gasteiger partial charge in [0.2, 0.25) is 0 Å². The van der Waals surface area contributed by atoms with Crippen molar-refractivity contribution in [1.29, 1.82) is 0 Å². The molecule has 0 bridgehead atoms. The van der Waals surface area contributed by atoms with Crippen LogP contribution in [0.4, 0.5) is 11.4 Å². The van der Waals surface area contributed by atoms with Gasteiger partial charge in [0, 0.05) is 7.05 Å². The van der Waals surface area contributed by atoms with E-state index in [1.165, 1.54) is 0 Å². The quantitative estimate of drug-likeness (QED) is 0.925. The van der Waals surface area contributed by atoms with Gasteiger partial charge in [0.25, 0.3) is 0 Å². The third-order valence-electron chi connectivity index (χ3n) is 3.19. The second-order valence-corrected chi connectivity index (χ2v) is 4.56. The molecule has 0 atom stereocenters. The molecule has 4 heteroatoms. The Kier molecular flexibility index (Phi) is 3.94. The highest BCUT2D eigenvalue weighted by atomic mass is 16.5. The number of carboxylic acid groups (broad SMARTS) is 1. The standard InChI is InChI=1S/C16H17NO3/c1-11-8-9-12(16(18)19)14(10-11)17(2)13-6-4-5-7-15(13)20-3/h4-10H,1-3H3,(H,18,19). The fourth-order valence-corrected chi connectivity index (χ4v) is 2.14. The highest BCUT2D eigenvalue weighted by Crippen LogP contribution is 2.34. The van der Waals surface area contributed by atoms with Crippen molar-refractivity contribution >= 4 is 17.3 Å². The van der Waals surface area contributed by atoms with E-state index in [0.29, 0.717) is 11.4 Å². The summed E-state index contributed by atoms with van der Waals surface area (Å²) < 4.78 is 5.33. The van der Waals surface area contributed by atoms with Crippen molar-refractivity contribution in [1.82, 2.24) is 0 Å². The molecule has 2 aromatic rings. The first-order valence-corrected chi connectivity index (χ1v) is 6.25. The maximum atomic E-state index is 11.4. The van der Waals surface area contributed by atoms with Gasteiger partial charge in [-0.25, -0.2) is 4.79 Å². The second kappa shape index (κ2) is 5.65. The molecule has 4 nitrogen and oxygen atoms in total. The number of anilines is 2. The summed E-state index contributed by atoms with van der Waals surface area (Å²) in [5.74, 6) is -0.241. The first-order chi connectivity index (χ1) is 9.54. The molecule has 0 aromatic heterocycles. The summed E-state index contributed by atoms with van der Waals surface area (Å²) in [6, 6.07) is 12.8. The number of ether oxygens (including phenoxy) is 1. The molecule has 0 aliphatic carbocycles. The molecule has 104 valence electrons. The number of para-hydroxylation sites is 2. The zero-order valence-electron chi connectivity index (χ0n) is 11.8. The van der Waals surface area contributed by atoms with E-state index < -0.39 is 5.97 Å². The zero-order valence-corrected chi connectivity index (χ0v) is 11.8. The molecule has 0 spiro atoms. The van der Waals surface area contributed by atoms with Gasteiger partial charge >= 0.3 is 5.97 Å². The van der Waals surface area contributed by atoms with Gasteiger partial charge in [-0.1, -0.05) is 18.2 Å². The topological polar surface area (TPSA) is 49.8 Å². The lowest BCUT2D eigenvalue weighted by Gasteiger charge is -2.23. The Morgan fingerprint density at radius 1 is 1.15 bits per heavy atom. The van der Waals surface area contributed by atoms with Crippen molar-refractivity contribution in [2.24, 2.45) is 0 Å². The molecule has 2 aromatic carbocycles. The summed E-state index contributed by atoms with van der Waals surface area (Å²) in [4.78, 5) is 13.2. The molecule has 20 heavy (non-hydrogen) atoms. The van der Waals surface area contributed by atoms with Crippen LogP contribution in [-0.2, 0) is 0 Å². The first kappa shape index (κ1) is 13.9. The lowest BCUT2D eigenvalue weighted by atomic mass is 10.1. The van der Waals surface area contributed by atoms with Gasteiger partial charge in [0.15, 0.2) is 0 Å². The molecule has 0 saturated carbocycles. The fraction of sp³-hybridized carbons (Fsp3) is 0.188. The Hall–Kier alpha value is -2.49. The Balaban J connectivity index is 2.55. The minimum absolute atomic E-state index is 0.268. The number of nitrogens with zero attached hydrogens (tertiary/aromatic N) is 1. The van der Waals surface area contributed by atoms with E-state index in [1.54, 1.807) is 19.2 Å². The van der Waals surface area contributed by atoms with Crippen LogP contribution in [0.1, 0.15) is 15.9 Å². The normalized spacial score (nSPS) is 10.2. The predicted molar refractivity (Wildman–Crippen MR) is 79.2 cm³/mol. The number of rotatable bonds is 4. The predicted octanol–water partition coefficient (Wildman–Crippen LogP) is 3.47. The molecular weight excluding hydrogens is 254 g/mol. The molecule has 0 unspecified atom stereocenters. The van der Waals surface area contributed by atoms with Crippen LogP contribution in [0.25, 0.3) is 0 Å². The summed E-state index contributed by atoms with van der Waals surface area (Å²) in [5.41, 5.74) is 2.74. The third kappa shape index (κ3) is 2.59. The van der Waals surface area contributed by atoms with Crippen LogP contribution in [0.2, 0.25) is 0 Å². The average molecular weight is 271 g/mol. The zero-order chi connectivity index (χ0) is 14.7. The molecule has 0 amide bonds. The van der Waals surface area contributed by atoms with Crippen molar-refractivity contribution in [3.05, 3.63) is 53.6 Å². The molecule has 0 saturated heterocycles. The van der Waals surface area contributed by atoms with E-state index >= 15 is 0 Å². The second-order valence-electron chi connectivity index (χ2n) is 4.56. The Labute approximate surface area is 118 Å². The van der Waals surface area contributed by atoms with Crippen molar-refractivity contribution < 1.29 is 14.6 Å². The van der Waals surface area contributed by atoms with Crippen molar-refractivity contribution in [3.8, 4) is 5.75 Å². The van der Waals surface area contributed by atoms with Crippen LogP contribution in [0.3, 0.4) is 0 Å². The maximum Gasteiger partial charge on any atom is 0.337 e. The molecule has 0 radical (unpaired) electrons. The number of hydrogen-bond acceptors (Lipinski definition) is 3. The Morgan fingerprint density at radius 3 is 2.50 bits per heavy atom. The van der Waals surface area contributed by atoms with Gasteiger partial charge in [0.05, 0.1) is 24.0 Å². The highest BCUT2D eigenvalue weighted by Gasteiger charge is 2.17. The number of carboxylic acids is 1. The number of methoxy groups -OCH3 is 1. The lowest BCUT2D eigenvalue weighted by Crippen LogP contribution is -2.15. The van der Waals surface area contributed by atoms with Gasteiger partial charge in [-0.05, 0) is 36.8 Å². The third-order valence-corrected chi connectivity index (χ3v) is 3.19. The van der Waals surface area contributed by atoms with E-state index in [0.717, 1.165) is 11.3 Å². The van der Waals surface area contributed by atoms with Gasteiger partial charge in [-0.2, -0.15) is 0 Å². The highest BCUT2D eigenvalue weighted by molar-refractivity contribution is 5.96. The van der Waals surface area contributed by atoms with Crippen LogP contribution in [0.15, 0.2) is 42.5 Å². The van der Waals surface area contributed by atoms with E-state index in [1.807, 2.05) is 49.2 Å². The van der Waals surface area contributed by atoms with E-state index in [-0.39, 0.29) is 5.56 Å². The smallest absolute Gasteiger partial charge is 0.337 e. The number of carbonyl (C=O) groups is 1. The molecule has 0 heterocycles. The average Bonchev–Trinajstić information content (AvgIpc) is 2.46. The number of hydrogen-bond donors (Lipinski definition) is 1. The van der Waals surface area contributed by atoms with Crippen molar-refractivity contribution in [3.63, 3.8) is 0 Å². The summed E-state index contributed by atoms with van der Waals surface area (Å²) >= 11 is 0. The molecule has 1 N–H and O–H groups in total. The summed E-state index contributed by atoms with van der Waals surface area (Å²) in [5, 5.41) is 9.32. The minimum atomic E-state index is -0.943. The number of benzene rings is 2. The van der Waals surface area contributed by atoms with Crippen LogP contribution in [0.5, 0.6) is 5.75 Å². The van der Waals surface area contributed by atoms with Gasteiger partial charge in [-0.15, -0.1) is 0 Å². The van der Waals surface area contributed by atoms with Gasteiger partial charge < -0.3 is 14.7 Å². The van der Waals surface area contributed by atoms with Gasteiger partial charge in [-0.3, -0.25) is 0 Å². The first-order valence-electron chi connectivity index (χ1n) is 6.25. The number of aromatic carboxylic acids is 1. The summed E-state index contributed by atoms with van der Waals surface area (Å²) in [7, 11) is 3.43. The van der Waals surface area contributed by atoms with E-state index in [2.05, 4.69) is 0 Å². The van der Waals surface area contributed by atoms with E-state index in [9.17, 15) is 9.90 Å². The Morgan fingerprint density at radius 2 is 1.85 bits per heavy atom. The fourth-order valence-electron chi connectivity index (χ4n) is 2.14. The van der Waals surface area contributed by atoms with Crippen molar-refractivity contribution in [2.45, 2.75) is 6.92 Å². The monoisotopic (exact) mass is 271 g/mol. The van der Waals surface area contributed by atoms with Crippen LogP contribution in [0, 0.1) is 6.92 Å². The Bertz CT molecular complexity index is 637. The maximum absolute atomic E-state index is 11.4. The summed E-state index contributed by atoms with van der Waals surface area (Å²) in [6.07, 6.45) is 0. The SMILES string of the molecule is COc1ccccc1N(C)c1cc(C)ccc1C(=O)O. The number of aryl methyl sites for hydroxylation is 1. The van der Waals surface area contributed by atoms with E-state index in [4.69, 9.17) is 4.74 Å².